The minimum atomic E-state index is -0.925. The predicted octanol–water partition coefficient (Wildman–Crippen LogP) is 3.11. The van der Waals surface area contributed by atoms with Gasteiger partial charge in [-0.05, 0) is 23.6 Å². The molecule has 90 valence electrons. The van der Waals surface area contributed by atoms with E-state index in [1.54, 1.807) is 24.3 Å². The molecule has 1 rings (SSSR count). The summed E-state index contributed by atoms with van der Waals surface area (Å²) in [7, 11) is 0. The van der Waals surface area contributed by atoms with E-state index in [-0.39, 0.29) is 12.5 Å². The minimum Gasteiger partial charge on any atom is -0.494 e. The van der Waals surface area contributed by atoms with Crippen molar-refractivity contribution >= 4 is 0 Å². The molecule has 0 spiro atoms. The highest BCUT2D eigenvalue weighted by molar-refractivity contribution is 5.28. The number of rotatable bonds is 6. The molecule has 0 aliphatic carbocycles. The molecule has 1 aromatic rings. The summed E-state index contributed by atoms with van der Waals surface area (Å²) in [6.07, 6.45) is -0.314. The second-order valence-corrected chi connectivity index (χ2v) is 4.14. The summed E-state index contributed by atoms with van der Waals surface area (Å²) in [4.78, 5) is 0. The third kappa shape index (κ3) is 3.81. The first-order valence-corrected chi connectivity index (χ1v) is 5.63. The Bertz CT molecular complexity index is 295. The summed E-state index contributed by atoms with van der Waals surface area (Å²) in [5.74, 6) is 0.703. The number of hydrogen-bond acceptors (Lipinski definition) is 2. The molecule has 0 bridgehead atoms. The Morgan fingerprint density at radius 3 is 2.38 bits per heavy atom. The SMILES string of the molecule is CC(C)C(F)c1ccc(OCCCO)cc1. The number of aliphatic hydroxyl groups excluding tert-OH is 1. The lowest BCUT2D eigenvalue weighted by Crippen LogP contribution is -2.02. The molecule has 1 N–H and O–H groups in total. The van der Waals surface area contributed by atoms with Crippen molar-refractivity contribution in [2.75, 3.05) is 13.2 Å². The monoisotopic (exact) mass is 226 g/mol. The molecule has 0 saturated carbocycles. The summed E-state index contributed by atoms with van der Waals surface area (Å²) >= 11 is 0. The molecular weight excluding hydrogens is 207 g/mol. The van der Waals surface area contributed by atoms with E-state index in [2.05, 4.69) is 0 Å². The van der Waals surface area contributed by atoms with Gasteiger partial charge in [-0.15, -0.1) is 0 Å². The van der Waals surface area contributed by atoms with E-state index in [9.17, 15) is 4.39 Å². The van der Waals surface area contributed by atoms with Crippen LogP contribution in [0.3, 0.4) is 0 Å². The van der Waals surface area contributed by atoms with Crippen LogP contribution in [0.15, 0.2) is 24.3 Å². The highest BCUT2D eigenvalue weighted by atomic mass is 19.1. The van der Waals surface area contributed by atoms with Crippen molar-refractivity contribution in [2.24, 2.45) is 5.92 Å². The van der Waals surface area contributed by atoms with Crippen molar-refractivity contribution < 1.29 is 14.2 Å². The maximum atomic E-state index is 13.6. The van der Waals surface area contributed by atoms with Crippen LogP contribution < -0.4 is 4.74 Å². The number of benzene rings is 1. The molecule has 0 aliphatic rings. The third-order valence-corrected chi connectivity index (χ3v) is 2.36. The Kier molecular flexibility index (Phi) is 5.26. The molecule has 2 nitrogen and oxygen atoms in total. The van der Waals surface area contributed by atoms with Crippen LogP contribution >= 0.6 is 0 Å². The predicted molar refractivity (Wildman–Crippen MR) is 62.3 cm³/mol. The Balaban J connectivity index is 2.54. The fraction of sp³-hybridized carbons (Fsp3) is 0.538. The summed E-state index contributed by atoms with van der Waals surface area (Å²) in [5, 5.41) is 8.59. The molecule has 0 saturated heterocycles. The average Bonchev–Trinajstić information content (AvgIpc) is 2.29. The van der Waals surface area contributed by atoms with Crippen LogP contribution in [0.4, 0.5) is 4.39 Å². The summed E-state index contributed by atoms with van der Waals surface area (Å²) < 4.78 is 19.0. The zero-order valence-corrected chi connectivity index (χ0v) is 9.82. The van der Waals surface area contributed by atoms with E-state index < -0.39 is 6.17 Å². The first-order chi connectivity index (χ1) is 7.65. The minimum absolute atomic E-state index is 0.0128. The molecule has 1 unspecified atom stereocenters. The van der Waals surface area contributed by atoms with Gasteiger partial charge in [0.15, 0.2) is 0 Å². The molecule has 16 heavy (non-hydrogen) atoms. The van der Waals surface area contributed by atoms with Gasteiger partial charge in [-0.3, -0.25) is 0 Å². The Morgan fingerprint density at radius 2 is 1.88 bits per heavy atom. The fourth-order valence-corrected chi connectivity index (χ4v) is 1.39. The first-order valence-electron chi connectivity index (χ1n) is 5.63. The van der Waals surface area contributed by atoms with Crippen LogP contribution in [-0.2, 0) is 0 Å². The fourth-order valence-electron chi connectivity index (χ4n) is 1.39. The van der Waals surface area contributed by atoms with E-state index in [4.69, 9.17) is 9.84 Å². The highest BCUT2D eigenvalue weighted by Gasteiger charge is 2.13. The van der Waals surface area contributed by atoms with E-state index in [1.807, 2.05) is 13.8 Å². The van der Waals surface area contributed by atoms with Crippen molar-refractivity contribution in [1.29, 1.82) is 0 Å². The molecule has 0 amide bonds. The summed E-state index contributed by atoms with van der Waals surface area (Å²) in [5.41, 5.74) is 0.685. The van der Waals surface area contributed by atoms with Crippen LogP contribution in [0, 0.1) is 5.92 Å². The number of aliphatic hydroxyl groups is 1. The van der Waals surface area contributed by atoms with Gasteiger partial charge in [0.2, 0.25) is 0 Å². The lowest BCUT2D eigenvalue weighted by Gasteiger charge is -2.12. The molecule has 1 aromatic carbocycles. The van der Waals surface area contributed by atoms with Crippen molar-refractivity contribution in [2.45, 2.75) is 26.4 Å². The van der Waals surface area contributed by atoms with Crippen LogP contribution in [-0.4, -0.2) is 18.3 Å². The van der Waals surface area contributed by atoms with Gasteiger partial charge in [-0.25, -0.2) is 4.39 Å². The van der Waals surface area contributed by atoms with E-state index in [0.29, 0.717) is 24.3 Å². The van der Waals surface area contributed by atoms with Gasteiger partial charge in [-0.2, -0.15) is 0 Å². The van der Waals surface area contributed by atoms with Crippen LogP contribution in [0.1, 0.15) is 32.0 Å². The Hall–Kier alpha value is -1.09. The van der Waals surface area contributed by atoms with Gasteiger partial charge in [0.25, 0.3) is 0 Å². The van der Waals surface area contributed by atoms with Gasteiger partial charge in [0.05, 0.1) is 6.61 Å². The second kappa shape index (κ2) is 6.48. The van der Waals surface area contributed by atoms with E-state index in [0.717, 1.165) is 0 Å². The van der Waals surface area contributed by atoms with Crippen molar-refractivity contribution in [3.8, 4) is 5.75 Å². The lowest BCUT2D eigenvalue weighted by atomic mass is 10.0. The van der Waals surface area contributed by atoms with E-state index >= 15 is 0 Å². The number of hydrogen-bond donors (Lipinski definition) is 1. The largest absolute Gasteiger partial charge is 0.494 e. The zero-order valence-electron chi connectivity index (χ0n) is 9.82. The van der Waals surface area contributed by atoms with Crippen molar-refractivity contribution in [3.05, 3.63) is 29.8 Å². The average molecular weight is 226 g/mol. The Morgan fingerprint density at radius 1 is 1.25 bits per heavy atom. The van der Waals surface area contributed by atoms with Gasteiger partial charge < -0.3 is 9.84 Å². The molecular formula is C13H19FO2. The number of alkyl halides is 1. The van der Waals surface area contributed by atoms with Gasteiger partial charge in [0.1, 0.15) is 11.9 Å². The van der Waals surface area contributed by atoms with Crippen LogP contribution in [0.2, 0.25) is 0 Å². The first kappa shape index (κ1) is 13.0. The summed E-state index contributed by atoms with van der Waals surface area (Å²) in [6, 6.07) is 7.03. The molecule has 3 heteroatoms. The summed E-state index contributed by atoms with van der Waals surface area (Å²) in [6.45, 7) is 4.32. The van der Waals surface area contributed by atoms with Crippen molar-refractivity contribution in [3.63, 3.8) is 0 Å². The van der Waals surface area contributed by atoms with Crippen LogP contribution in [0.5, 0.6) is 5.75 Å². The van der Waals surface area contributed by atoms with Crippen molar-refractivity contribution in [1.82, 2.24) is 0 Å². The maximum Gasteiger partial charge on any atom is 0.127 e. The maximum absolute atomic E-state index is 13.6. The molecule has 0 fully saturated rings. The molecule has 0 aromatic heterocycles. The number of halogens is 1. The van der Waals surface area contributed by atoms with Crippen LogP contribution in [0.25, 0.3) is 0 Å². The quantitative estimate of drug-likeness (QED) is 0.755. The molecule has 0 aliphatic heterocycles. The van der Waals surface area contributed by atoms with Gasteiger partial charge in [0, 0.05) is 13.0 Å². The second-order valence-electron chi connectivity index (χ2n) is 4.14. The zero-order chi connectivity index (χ0) is 12.0. The third-order valence-electron chi connectivity index (χ3n) is 2.36. The number of ether oxygens (including phenoxy) is 1. The molecule has 0 radical (unpaired) electrons. The molecule has 0 heterocycles. The lowest BCUT2D eigenvalue weighted by molar-refractivity contribution is 0.233. The van der Waals surface area contributed by atoms with E-state index in [1.165, 1.54) is 0 Å². The standard InChI is InChI=1S/C13H19FO2/c1-10(2)13(14)11-4-6-12(7-5-11)16-9-3-8-15/h4-7,10,13,15H,3,8-9H2,1-2H3. The van der Waals surface area contributed by atoms with Gasteiger partial charge >= 0.3 is 0 Å². The van der Waals surface area contributed by atoms with Gasteiger partial charge in [-0.1, -0.05) is 26.0 Å². The topological polar surface area (TPSA) is 29.5 Å². The Labute approximate surface area is 96.1 Å². The highest BCUT2D eigenvalue weighted by Crippen LogP contribution is 2.27. The smallest absolute Gasteiger partial charge is 0.127 e. The molecule has 1 atom stereocenters. The normalized spacial score (nSPS) is 12.8.